The standard InChI is InChI=1S/C19H27F3N4O2/c1-11(2)12-9-16(19(20,21)22)26-17(23-12)10-13(24-26)14-5-3-7-25(14)18(27)15-6-4-8-28-15/h10-12,14-16,23H,3-9H2,1-2H3/t12-,14-,15+,16+/m0/s1. The van der Waals surface area contributed by atoms with Gasteiger partial charge in [-0.3, -0.25) is 4.79 Å². The topological polar surface area (TPSA) is 59.4 Å². The Labute approximate surface area is 162 Å². The van der Waals surface area contributed by atoms with Gasteiger partial charge in [0.2, 0.25) is 0 Å². The van der Waals surface area contributed by atoms with Crippen molar-refractivity contribution in [2.75, 3.05) is 18.5 Å². The second-order valence-electron chi connectivity index (χ2n) is 8.38. The fourth-order valence-corrected chi connectivity index (χ4v) is 4.52. The third kappa shape index (κ3) is 3.49. The van der Waals surface area contributed by atoms with E-state index in [1.54, 1.807) is 11.0 Å². The number of nitrogens with zero attached hydrogens (tertiary/aromatic N) is 3. The highest BCUT2D eigenvalue weighted by molar-refractivity contribution is 5.82. The van der Waals surface area contributed by atoms with Crippen molar-refractivity contribution in [1.29, 1.82) is 0 Å². The van der Waals surface area contributed by atoms with E-state index in [1.165, 1.54) is 0 Å². The lowest BCUT2D eigenvalue weighted by molar-refractivity contribution is -0.174. The molecule has 2 fully saturated rings. The van der Waals surface area contributed by atoms with Crippen LogP contribution in [0.2, 0.25) is 0 Å². The minimum Gasteiger partial charge on any atom is -0.368 e. The Bertz CT molecular complexity index is 727. The van der Waals surface area contributed by atoms with Crippen LogP contribution in [0.5, 0.6) is 0 Å². The molecule has 4 atom stereocenters. The molecule has 4 heterocycles. The molecule has 4 rings (SSSR count). The monoisotopic (exact) mass is 400 g/mol. The van der Waals surface area contributed by atoms with E-state index in [0.29, 0.717) is 37.5 Å². The smallest absolute Gasteiger partial charge is 0.368 e. The number of anilines is 1. The highest BCUT2D eigenvalue weighted by Crippen LogP contribution is 2.42. The van der Waals surface area contributed by atoms with Crippen LogP contribution in [0.3, 0.4) is 0 Å². The number of alkyl halides is 3. The molecule has 0 aromatic carbocycles. The Morgan fingerprint density at radius 2 is 2.11 bits per heavy atom. The van der Waals surface area contributed by atoms with E-state index in [1.807, 2.05) is 13.8 Å². The normalized spacial score (nSPS) is 30.6. The van der Waals surface area contributed by atoms with Gasteiger partial charge in [-0.25, -0.2) is 4.68 Å². The minimum atomic E-state index is -4.36. The molecule has 1 amide bonds. The molecule has 0 aliphatic carbocycles. The number of halogens is 3. The van der Waals surface area contributed by atoms with Crippen molar-refractivity contribution in [2.45, 2.75) is 76.4 Å². The Kier molecular flexibility index (Phi) is 5.05. The van der Waals surface area contributed by atoms with E-state index in [-0.39, 0.29) is 30.3 Å². The molecule has 0 radical (unpaired) electrons. The van der Waals surface area contributed by atoms with E-state index < -0.39 is 18.3 Å². The zero-order valence-corrected chi connectivity index (χ0v) is 16.2. The summed E-state index contributed by atoms with van der Waals surface area (Å²) in [6, 6.07) is -0.507. The summed E-state index contributed by atoms with van der Waals surface area (Å²) in [7, 11) is 0. The first-order chi connectivity index (χ1) is 13.3. The summed E-state index contributed by atoms with van der Waals surface area (Å²) in [5.41, 5.74) is 0.532. The molecule has 1 aromatic heterocycles. The van der Waals surface area contributed by atoms with Gasteiger partial charge < -0.3 is 15.0 Å². The number of ether oxygens (including phenoxy) is 1. The number of hydrogen-bond donors (Lipinski definition) is 1. The van der Waals surface area contributed by atoms with Crippen LogP contribution in [0.15, 0.2) is 6.07 Å². The minimum absolute atomic E-state index is 0.0431. The van der Waals surface area contributed by atoms with Gasteiger partial charge in [-0.05, 0) is 38.0 Å². The molecule has 6 nitrogen and oxygen atoms in total. The van der Waals surface area contributed by atoms with Gasteiger partial charge in [0.15, 0.2) is 6.04 Å². The number of fused-ring (bicyclic) bond motifs is 1. The molecule has 0 saturated carbocycles. The predicted octanol–water partition coefficient (Wildman–Crippen LogP) is 3.67. The van der Waals surface area contributed by atoms with Crippen LogP contribution in [0.25, 0.3) is 0 Å². The fraction of sp³-hybridized carbons (Fsp3) is 0.789. The van der Waals surface area contributed by atoms with Crippen molar-refractivity contribution < 1.29 is 22.7 Å². The highest BCUT2D eigenvalue weighted by Gasteiger charge is 2.47. The van der Waals surface area contributed by atoms with Gasteiger partial charge in [-0.1, -0.05) is 13.8 Å². The van der Waals surface area contributed by atoms with Crippen molar-refractivity contribution in [1.82, 2.24) is 14.7 Å². The molecule has 9 heteroatoms. The lowest BCUT2D eigenvalue weighted by atomic mass is 9.94. The Morgan fingerprint density at radius 3 is 2.75 bits per heavy atom. The summed E-state index contributed by atoms with van der Waals surface area (Å²) in [4.78, 5) is 14.6. The number of amides is 1. The van der Waals surface area contributed by atoms with E-state index in [9.17, 15) is 18.0 Å². The summed E-state index contributed by atoms with van der Waals surface area (Å²) in [5, 5.41) is 7.55. The molecule has 2 saturated heterocycles. The fourth-order valence-electron chi connectivity index (χ4n) is 4.52. The first-order valence-electron chi connectivity index (χ1n) is 10.1. The molecule has 28 heavy (non-hydrogen) atoms. The van der Waals surface area contributed by atoms with Crippen molar-refractivity contribution in [3.8, 4) is 0 Å². The number of carbonyl (C=O) groups excluding carboxylic acids is 1. The van der Waals surface area contributed by atoms with Gasteiger partial charge in [0.05, 0.1) is 11.7 Å². The Balaban J connectivity index is 1.62. The maximum atomic E-state index is 13.7. The van der Waals surface area contributed by atoms with E-state index >= 15 is 0 Å². The van der Waals surface area contributed by atoms with Crippen molar-refractivity contribution in [2.24, 2.45) is 5.92 Å². The first-order valence-corrected chi connectivity index (χ1v) is 10.1. The quantitative estimate of drug-likeness (QED) is 0.841. The number of rotatable bonds is 3. The molecule has 0 spiro atoms. The molecule has 1 N–H and O–H groups in total. The number of aromatic nitrogens is 2. The zero-order valence-electron chi connectivity index (χ0n) is 16.2. The molecule has 3 aliphatic rings. The van der Waals surface area contributed by atoms with Gasteiger partial charge in [0.1, 0.15) is 11.9 Å². The summed E-state index contributed by atoms with van der Waals surface area (Å²) >= 11 is 0. The molecule has 0 unspecified atom stereocenters. The van der Waals surface area contributed by atoms with Crippen LogP contribution in [0, 0.1) is 5.92 Å². The zero-order chi connectivity index (χ0) is 20.1. The molecule has 3 aliphatic heterocycles. The lowest BCUT2D eigenvalue weighted by Crippen LogP contribution is -2.41. The maximum absolute atomic E-state index is 13.7. The van der Waals surface area contributed by atoms with Gasteiger partial charge in [0.25, 0.3) is 5.91 Å². The van der Waals surface area contributed by atoms with Gasteiger partial charge in [-0.2, -0.15) is 18.3 Å². The maximum Gasteiger partial charge on any atom is 0.410 e. The second-order valence-corrected chi connectivity index (χ2v) is 8.38. The van der Waals surface area contributed by atoms with Crippen LogP contribution in [-0.2, 0) is 9.53 Å². The summed E-state index contributed by atoms with van der Waals surface area (Å²) in [6.45, 7) is 5.01. The van der Waals surface area contributed by atoms with Crippen LogP contribution in [0.1, 0.15) is 63.7 Å². The van der Waals surface area contributed by atoms with Crippen molar-refractivity contribution >= 4 is 11.7 Å². The van der Waals surface area contributed by atoms with E-state index in [2.05, 4.69) is 10.4 Å². The Hall–Kier alpha value is -1.77. The van der Waals surface area contributed by atoms with E-state index in [4.69, 9.17) is 4.74 Å². The number of carbonyl (C=O) groups is 1. The number of hydrogen-bond acceptors (Lipinski definition) is 4. The summed E-state index contributed by atoms with van der Waals surface area (Å²) < 4.78 is 47.6. The number of likely N-dealkylation sites (tertiary alicyclic amines) is 1. The van der Waals surface area contributed by atoms with E-state index in [0.717, 1.165) is 17.5 Å². The molecular formula is C19H27F3N4O2. The molecular weight excluding hydrogens is 373 g/mol. The summed E-state index contributed by atoms with van der Waals surface area (Å²) in [5.74, 6) is 0.395. The third-order valence-electron chi connectivity index (χ3n) is 6.13. The highest BCUT2D eigenvalue weighted by atomic mass is 19.4. The van der Waals surface area contributed by atoms with Crippen LogP contribution >= 0.6 is 0 Å². The SMILES string of the molecule is CC(C)[C@@H]1C[C@H](C(F)(F)F)n2nc([C@@H]3CCCN3C(=O)[C@H]3CCCO3)cc2N1. The van der Waals surface area contributed by atoms with Crippen molar-refractivity contribution in [3.05, 3.63) is 11.8 Å². The van der Waals surface area contributed by atoms with Crippen LogP contribution < -0.4 is 5.32 Å². The largest absolute Gasteiger partial charge is 0.410 e. The molecule has 0 bridgehead atoms. The first kappa shape index (κ1) is 19.5. The average Bonchev–Trinajstić information content (AvgIpc) is 3.38. The summed E-state index contributed by atoms with van der Waals surface area (Å²) in [6.07, 6.45) is -1.75. The molecule has 156 valence electrons. The molecule has 1 aromatic rings. The predicted molar refractivity (Wildman–Crippen MR) is 96.8 cm³/mol. The number of nitrogens with one attached hydrogen (secondary N) is 1. The van der Waals surface area contributed by atoms with Crippen LogP contribution in [0.4, 0.5) is 19.0 Å². The average molecular weight is 400 g/mol. The van der Waals surface area contributed by atoms with Crippen LogP contribution in [-0.4, -0.2) is 52.1 Å². The lowest BCUT2D eigenvalue weighted by Gasteiger charge is -2.35. The van der Waals surface area contributed by atoms with Crippen molar-refractivity contribution in [3.63, 3.8) is 0 Å². The van der Waals surface area contributed by atoms with Gasteiger partial charge >= 0.3 is 6.18 Å². The third-order valence-corrected chi connectivity index (χ3v) is 6.13. The van der Waals surface area contributed by atoms with Gasteiger partial charge in [0, 0.05) is 25.3 Å². The second kappa shape index (κ2) is 7.24. The Morgan fingerprint density at radius 1 is 1.32 bits per heavy atom. The van der Waals surface area contributed by atoms with Gasteiger partial charge in [-0.15, -0.1) is 0 Å².